The fourth-order valence-corrected chi connectivity index (χ4v) is 2.45. The first kappa shape index (κ1) is 12.6. The monoisotopic (exact) mass is 237 g/mol. The average molecular weight is 237 g/mol. The first-order valence-corrected chi connectivity index (χ1v) is 6.65. The number of hydrogen-bond acceptors (Lipinski definition) is 3. The van der Waals surface area contributed by atoms with Crippen LogP contribution in [-0.2, 0) is 13.1 Å². The van der Waals surface area contributed by atoms with Crippen LogP contribution in [0.2, 0.25) is 0 Å². The Bertz CT molecular complexity index is 369. The average Bonchev–Trinajstić information content (AvgIpc) is 2.70. The summed E-state index contributed by atoms with van der Waals surface area (Å²) in [4.78, 5) is 2.32. The van der Waals surface area contributed by atoms with Crippen LogP contribution in [0.25, 0.3) is 0 Å². The quantitative estimate of drug-likeness (QED) is 0.806. The Balaban J connectivity index is 0.000000514. The highest BCUT2D eigenvalue weighted by molar-refractivity contribution is 5.18. The zero-order chi connectivity index (χ0) is 12.4. The molecule has 1 aliphatic carbocycles. The van der Waals surface area contributed by atoms with Gasteiger partial charge < -0.3 is 5.11 Å². The molecule has 0 amide bonds. The van der Waals surface area contributed by atoms with Gasteiger partial charge in [0.25, 0.3) is 0 Å². The van der Waals surface area contributed by atoms with Gasteiger partial charge in [-0.25, -0.2) is 0 Å². The van der Waals surface area contributed by atoms with Crippen LogP contribution in [0.1, 0.15) is 44.0 Å². The van der Waals surface area contributed by atoms with Gasteiger partial charge in [0, 0.05) is 19.0 Å². The molecule has 0 aromatic carbocycles. The summed E-state index contributed by atoms with van der Waals surface area (Å²) in [6.07, 6.45) is 1.70. The van der Waals surface area contributed by atoms with Gasteiger partial charge in [-0.05, 0) is 26.0 Å². The van der Waals surface area contributed by atoms with E-state index in [2.05, 4.69) is 27.8 Å². The highest BCUT2D eigenvalue weighted by atomic mass is 16.3. The maximum absolute atomic E-state index is 9.28. The van der Waals surface area contributed by atoms with Gasteiger partial charge in [0.15, 0.2) is 0 Å². The van der Waals surface area contributed by atoms with E-state index >= 15 is 0 Å². The van der Waals surface area contributed by atoms with Gasteiger partial charge in [0.1, 0.15) is 0 Å². The molecule has 1 aromatic heterocycles. The fourth-order valence-electron chi connectivity index (χ4n) is 2.45. The molecule has 4 heteroatoms. The Labute approximate surface area is 103 Å². The smallest absolute Gasteiger partial charge is 0.0660 e. The molecule has 3 rings (SSSR count). The molecule has 2 heterocycles. The zero-order valence-corrected chi connectivity index (χ0v) is 11.1. The van der Waals surface area contributed by atoms with E-state index in [1.807, 2.05) is 13.8 Å². The summed E-state index contributed by atoms with van der Waals surface area (Å²) in [6.45, 7) is 7.09. The highest BCUT2D eigenvalue weighted by Gasteiger charge is 2.31. The van der Waals surface area contributed by atoms with Gasteiger partial charge in [0.2, 0.25) is 0 Å². The number of aliphatic hydroxyl groups excluding tert-OH is 1. The summed E-state index contributed by atoms with van der Waals surface area (Å²) in [7, 11) is 2.14. The van der Waals surface area contributed by atoms with Crippen LogP contribution in [-0.4, -0.2) is 39.5 Å². The Morgan fingerprint density at radius 2 is 2.00 bits per heavy atom. The van der Waals surface area contributed by atoms with E-state index in [4.69, 9.17) is 0 Å². The lowest BCUT2D eigenvalue weighted by Crippen LogP contribution is -2.30. The van der Waals surface area contributed by atoms with E-state index in [1.165, 1.54) is 11.4 Å². The van der Waals surface area contributed by atoms with Crippen molar-refractivity contribution >= 4 is 0 Å². The van der Waals surface area contributed by atoms with E-state index in [-0.39, 0.29) is 6.10 Å². The number of rotatable bonds is 1. The third kappa shape index (κ3) is 2.53. The van der Waals surface area contributed by atoms with Crippen molar-refractivity contribution in [3.05, 3.63) is 17.5 Å². The minimum absolute atomic E-state index is 0.0867. The summed E-state index contributed by atoms with van der Waals surface area (Å²) in [5.41, 5.74) is 2.51. The molecule has 1 saturated carbocycles. The predicted octanol–water partition coefficient (Wildman–Crippen LogP) is 1.59. The van der Waals surface area contributed by atoms with Crippen molar-refractivity contribution in [3.63, 3.8) is 0 Å². The molecular weight excluding hydrogens is 214 g/mol. The maximum Gasteiger partial charge on any atom is 0.0660 e. The Morgan fingerprint density at radius 1 is 1.29 bits per heavy atom. The molecule has 0 spiro atoms. The topological polar surface area (TPSA) is 41.3 Å². The summed E-state index contributed by atoms with van der Waals surface area (Å²) >= 11 is 0. The van der Waals surface area contributed by atoms with Crippen molar-refractivity contribution in [2.75, 3.05) is 13.6 Å². The number of nitrogens with zero attached hydrogens (tertiary/aromatic N) is 3. The van der Waals surface area contributed by atoms with Crippen molar-refractivity contribution in [1.29, 1.82) is 0 Å². The molecule has 1 N–H and O–H groups in total. The molecule has 2 aliphatic rings. The van der Waals surface area contributed by atoms with Crippen molar-refractivity contribution in [3.8, 4) is 0 Å². The summed E-state index contributed by atoms with van der Waals surface area (Å²) in [5.74, 6) is 0.503. The molecule has 4 nitrogen and oxygen atoms in total. The van der Waals surface area contributed by atoms with E-state index in [0.717, 1.165) is 32.5 Å². The van der Waals surface area contributed by atoms with Gasteiger partial charge in [0.05, 0.1) is 24.0 Å². The zero-order valence-electron chi connectivity index (χ0n) is 11.1. The van der Waals surface area contributed by atoms with Crippen LogP contribution in [0.5, 0.6) is 0 Å². The van der Waals surface area contributed by atoms with Crippen molar-refractivity contribution in [2.24, 2.45) is 0 Å². The molecule has 0 radical (unpaired) electrons. The third-order valence-corrected chi connectivity index (χ3v) is 3.54. The number of fused-ring (bicyclic) bond motifs is 1. The molecule has 0 bridgehead atoms. The van der Waals surface area contributed by atoms with E-state index in [0.29, 0.717) is 5.92 Å². The number of hydrogen-bond donors (Lipinski definition) is 1. The Hall–Kier alpha value is -0.870. The fraction of sp³-hybridized carbons (Fsp3) is 0.769. The minimum atomic E-state index is -0.0867. The number of likely N-dealkylation sites (N-methyl/N-ethyl adjacent to an activating group) is 1. The molecule has 17 heavy (non-hydrogen) atoms. The van der Waals surface area contributed by atoms with E-state index in [9.17, 15) is 5.11 Å². The lowest BCUT2D eigenvalue weighted by molar-refractivity contribution is 0.0729. The first-order valence-electron chi connectivity index (χ1n) is 6.65. The van der Waals surface area contributed by atoms with Crippen molar-refractivity contribution < 1.29 is 5.11 Å². The molecule has 0 atom stereocenters. The second-order valence-electron chi connectivity index (χ2n) is 4.84. The standard InChI is InChI=1S/C11H17N3O.C2H6/c1-13-2-3-14-9(7-13)6-11(12-14)8-4-10(15)5-8;1-2/h6,8,10,15H,2-5,7H2,1H3;1-2H3. The SMILES string of the molecule is CC.CN1CCn2nc(C3CC(O)C3)cc2C1. The van der Waals surface area contributed by atoms with Gasteiger partial charge in [-0.2, -0.15) is 5.10 Å². The molecule has 1 aliphatic heterocycles. The highest BCUT2D eigenvalue weighted by Crippen LogP contribution is 2.36. The first-order chi connectivity index (χ1) is 8.22. The second kappa shape index (κ2) is 5.19. The van der Waals surface area contributed by atoms with Crippen LogP contribution < -0.4 is 0 Å². The lowest BCUT2D eigenvalue weighted by Gasteiger charge is -2.29. The molecule has 1 fully saturated rings. The Morgan fingerprint density at radius 3 is 2.65 bits per heavy atom. The summed E-state index contributed by atoms with van der Waals surface area (Å²) < 4.78 is 2.13. The van der Waals surface area contributed by atoms with Crippen LogP contribution in [0, 0.1) is 0 Å². The van der Waals surface area contributed by atoms with Crippen LogP contribution in [0.3, 0.4) is 0 Å². The van der Waals surface area contributed by atoms with Crippen molar-refractivity contribution in [2.45, 2.75) is 51.8 Å². The molecule has 0 unspecified atom stereocenters. The lowest BCUT2D eigenvalue weighted by atomic mass is 9.80. The van der Waals surface area contributed by atoms with Crippen LogP contribution in [0.4, 0.5) is 0 Å². The minimum Gasteiger partial charge on any atom is -0.393 e. The number of aromatic nitrogens is 2. The van der Waals surface area contributed by atoms with Crippen molar-refractivity contribution in [1.82, 2.24) is 14.7 Å². The molecule has 0 saturated heterocycles. The van der Waals surface area contributed by atoms with Crippen LogP contribution in [0.15, 0.2) is 6.07 Å². The predicted molar refractivity (Wildman–Crippen MR) is 67.9 cm³/mol. The Kier molecular flexibility index (Phi) is 3.84. The maximum atomic E-state index is 9.28. The summed E-state index contributed by atoms with van der Waals surface area (Å²) in [6, 6.07) is 2.21. The normalized spacial score (nSPS) is 27.8. The largest absolute Gasteiger partial charge is 0.393 e. The van der Waals surface area contributed by atoms with Crippen LogP contribution >= 0.6 is 0 Å². The molecular formula is C13H23N3O. The van der Waals surface area contributed by atoms with Gasteiger partial charge in [-0.3, -0.25) is 9.58 Å². The number of aliphatic hydroxyl groups is 1. The third-order valence-electron chi connectivity index (χ3n) is 3.54. The molecule has 1 aromatic rings. The van der Waals surface area contributed by atoms with E-state index < -0.39 is 0 Å². The van der Waals surface area contributed by atoms with Gasteiger partial charge in [-0.15, -0.1) is 0 Å². The van der Waals surface area contributed by atoms with Gasteiger partial charge >= 0.3 is 0 Å². The van der Waals surface area contributed by atoms with E-state index in [1.54, 1.807) is 0 Å². The second-order valence-corrected chi connectivity index (χ2v) is 4.84. The van der Waals surface area contributed by atoms with Gasteiger partial charge in [-0.1, -0.05) is 13.8 Å². The molecule has 96 valence electrons. The summed E-state index contributed by atoms with van der Waals surface area (Å²) in [5, 5.41) is 13.9.